The van der Waals surface area contributed by atoms with Gasteiger partial charge in [0.2, 0.25) is 5.78 Å². The molecule has 0 saturated heterocycles. The van der Waals surface area contributed by atoms with Crippen molar-refractivity contribution in [3.63, 3.8) is 0 Å². The minimum absolute atomic E-state index is 0.00634. The minimum atomic E-state index is 0.00634. The number of carbonyl (C=O) groups is 2. The quantitative estimate of drug-likeness (QED) is 0.148. The van der Waals surface area contributed by atoms with E-state index in [0.29, 0.717) is 62.4 Å². The molecular weight excluding hydrogens is 945 g/mol. The van der Waals surface area contributed by atoms with E-state index < -0.39 is 0 Å². The highest BCUT2D eigenvalue weighted by atomic mass is 16.5. The second-order valence-corrected chi connectivity index (χ2v) is 26.8. The number of ketones is 2. The zero-order valence-electron chi connectivity index (χ0n) is 50.6. The van der Waals surface area contributed by atoms with E-state index in [1.165, 1.54) is 29.9 Å². The predicted molar refractivity (Wildman–Crippen MR) is 321 cm³/mol. The monoisotopic (exact) mass is 1040 g/mol. The summed E-state index contributed by atoms with van der Waals surface area (Å²) in [6.45, 7) is 46.2. The number of fused-ring (bicyclic) bond motifs is 5. The summed E-state index contributed by atoms with van der Waals surface area (Å²) < 4.78 is 26.1. The largest absolute Gasteiger partial charge is 0.493 e. The lowest BCUT2D eigenvalue weighted by atomic mass is 10.0. The van der Waals surface area contributed by atoms with Crippen molar-refractivity contribution in [2.45, 2.75) is 164 Å². The van der Waals surface area contributed by atoms with E-state index in [9.17, 15) is 14.4 Å². The van der Waals surface area contributed by atoms with Gasteiger partial charge in [0.1, 0.15) is 28.6 Å². The first-order valence-corrected chi connectivity index (χ1v) is 26.9. The molecule has 5 heterocycles. The summed E-state index contributed by atoms with van der Waals surface area (Å²) in [6.07, 6.45) is 5.34. The van der Waals surface area contributed by atoms with E-state index in [4.69, 9.17) is 23.4 Å². The molecule has 76 heavy (non-hydrogen) atoms. The molecule has 0 unspecified atom stereocenters. The average Bonchev–Trinajstić information content (AvgIpc) is 3.94. The second kappa shape index (κ2) is 33.1. The van der Waals surface area contributed by atoms with Crippen molar-refractivity contribution in [3.05, 3.63) is 166 Å². The van der Waals surface area contributed by atoms with Crippen LogP contribution < -0.4 is 24.4 Å². The molecule has 0 spiro atoms. The van der Waals surface area contributed by atoms with Crippen LogP contribution in [0.5, 0.6) is 23.0 Å². The molecule has 5 aromatic carbocycles. The van der Waals surface area contributed by atoms with E-state index in [1.807, 2.05) is 72.8 Å². The zero-order valence-corrected chi connectivity index (χ0v) is 50.6. The van der Waals surface area contributed by atoms with Gasteiger partial charge in [-0.05, 0) is 99.6 Å². The first kappa shape index (κ1) is 67.9. The third kappa shape index (κ3) is 36.7. The van der Waals surface area contributed by atoms with E-state index in [0.717, 1.165) is 48.9 Å². The van der Waals surface area contributed by atoms with E-state index >= 15 is 0 Å². The topological polar surface area (TPSA) is 101 Å². The SMILES string of the molecule is CC(C)(C)C.CC(C)(C)C.CC(C)(C)C.CC(C)(C)C.CC(C)(C)C.O=C1CCOc2ccccc21.O=C1COc2ccccc21.O=c1ccoc2ccccc12.c1ccc2c(c1)CCCO2.c1ccc2c(c1)CCO2. The summed E-state index contributed by atoms with van der Waals surface area (Å²) in [6, 6.07) is 39.7. The molecule has 0 bridgehead atoms. The molecule has 8 heteroatoms. The summed E-state index contributed by atoms with van der Waals surface area (Å²) in [7, 11) is 0. The Morgan fingerprint density at radius 1 is 0.342 bits per heavy atom. The summed E-state index contributed by atoms with van der Waals surface area (Å²) in [4.78, 5) is 33.3. The van der Waals surface area contributed by atoms with Gasteiger partial charge in [-0.2, -0.15) is 0 Å². The number of hydrogen-bond acceptors (Lipinski definition) is 8. The molecule has 0 atom stereocenters. The van der Waals surface area contributed by atoms with Crippen LogP contribution in [0.15, 0.2) is 143 Å². The van der Waals surface area contributed by atoms with Crippen molar-refractivity contribution in [3.8, 4) is 23.0 Å². The molecule has 0 fully saturated rings. The Labute approximate surface area is 460 Å². The number of hydrogen-bond donors (Lipinski definition) is 0. The van der Waals surface area contributed by atoms with Gasteiger partial charge in [-0.3, -0.25) is 14.4 Å². The fourth-order valence-electron chi connectivity index (χ4n) is 5.71. The van der Waals surface area contributed by atoms with Gasteiger partial charge in [0.15, 0.2) is 17.8 Å². The number of Topliss-reactive ketones (excluding diaryl/α,β-unsaturated/α-hetero) is 2. The molecule has 4 aliphatic heterocycles. The van der Waals surface area contributed by atoms with Crippen LogP contribution in [0.1, 0.15) is 183 Å². The van der Waals surface area contributed by atoms with Crippen LogP contribution in [0.2, 0.25) is 0 Å². The highest BCUT2D eigenvalue weighted by molar-refractivity contribution is 6.02. The lowest BCUT2D eigenvalue weighted by Gasteiger charge is -2.15. The smallest absolute Gasteiger partial charge is 0.203 e. The first-order chi connectivity index (χ1) is 35.1. The number of ether oxygens (including phenoxy) is 4. The van der Waals surface area contributed by atoms with Crippen LogP contribution in [-0.2, 0) is 12.8 Å². The van der Waals surface area contributed by atoms with Gasteiger partial charge >= 0.3 is 0 Å². The Morgan fingerprint density at radius 2 is 0.697 bits per heavy atom. The molecule has 0 aliphatic carbocycles. The molecule has 0 amide bonds. The molecular formula is C68H98O8. The Bertz CT molecular complexity index is 2490. The maximum absolute atomic E-state index is 11.2. The number of benzene rings is 5. The summed E-state index contributed by atoms with van der Waals surface area (Å²) >= 11 is 0. The third-order valence-electron chi connectivity index (χ3n) is 8.31. The van der Waals surface area contributed by atoms with Gasteiger partial charge in [-0.25, -0.2) is 0 Å². The van der Waals surface area contributed by atoms with Crippen LogP contribution >= 0.6 is 0 Å². The first-order valence-electron chi connectivity index (χ1n) is 26.9. The third-order valence-corrected chi connectivity index (χ3v) is 8.31. The summed E-state index contributed by atoms with van der Waals surface area (Å²) in [5.74, 6) is 3.85. The summed E-state index contributed by atoms with van der Waals surface area (Å²) in [5.41, 5.74) is 7.28. The molecule has 0 N–H and O–H groups in total. The van der Waals surface area contributed by atoms with Crippen molar-refractivity contribution in [2.75, 3.05) is 26.4 Å². The molecule has 0 radical (unpaired) electrons. The average molecular weight is 1040 g/mol. The van der Waals surface area contributed by atoms with E-state index in [2.05, 4.69) is 157 Å². The van der Waals surface area contributed by atoms with Gasteiger partial charge in [-0.1, -0.05) is 211 Å². The standard InChI is InChI=1S/C9H8O2.C9H6O2.C9H10O.C8H6O2.C8H8O.5C5H12/c2*10-8-5-6-11-9-4-2-1-3-7(8)9;1-2-6-9-8(4-1)5-3-7-10-9;9-7-5-10-8-4-2-1-3-6(7)8;1-2-4-8-7(3-1)5-6-9-8;5*1-5(2,3)4/h1-4H,5-6H2;1-6H;1-2,4,6H,3,5,7H2;1-4H,5H2;1-4H,5-6H2;5*1-4H3. The van der Waals surface area contributed by atoms with Crippen LogP contribution in [0, 0.1) is 27.1 Å². The number of rotatable bonds is 0. The van der Waals surface area contributed by atoms with Crippen molar-refractivity contribution in [2.24, 2.45) is 27.1 Å². The molecule has 6 aromatic rings. The molecule has 0 saturated carbocycles. The van der Waals surface area contributed by atoms with Crippen molar-refractivity contribution in [1.29, 1.82) is 0 Å². The van der Waals surface area contributed by atoms with Crippen molar-refractivity contribution >= 4 is 22.5 Å². The highest BCUT2D eigenvalue weighted by Gasteiger charge is 2.19. The van der Waals surface area contributed by atoms with Crippen molar-refractivity contribution in [1.82, 2.24) is 0 Å². The molecule has 418 valence electrons. The number of aryl methyl sites for hydroxylation is 1. The van der Waals surface area contributed by atoms with Gasteiger partial charge in [-0.15, -0.1) is 0 Å². The Morgan fingerprint density at radius 3 is 1.13 bits per heavy atom. The predicted octanol–water partition coefficient (Wildman–Crippen LogP) is 18.6. The van der Waals surface area contributed by atoms with Gasteiger partial charge < -0.3 is 23.4 Å². The Kier molecular flexibility index (Phi) is 29.6. The number of para-hydroxylation sites is 5. The van der Waals surface area contributed by atoms with Crippen LogP contribution in [0.4, 0.5) is 0 Å². The van der Waals surface area contributed by atoms with E-state index in [-0.39, 0.29) is 23.6 Å². The second-order valence-electron chi connectivity index (χ2n) is 26.8. The van der Waals surface area contributed by atoms with Crippen molar-refractivity contribution < 1.29 is 33.0 Å². The maximum Gasteiger partial charge on any atom is 0.203 e. The Hall–Kier alpha value is -6.15. The Balaban J connectivity index is 0.000000431. The van der Waals surface area contributed by atoms with Gasteiger partial charge in [0.25, 0.3) is 0 Å². The summed E-state index contributed by atoms with van der Waals surface area (Å²) in [5, 5.41) is 0.634. The molecule has 8 nitrogen and oxygen atoms in total. The molecule has 10 rings (SSSR count). The fourth-order valence-corrected chi connectivity index (χ4v) is 5.71. The highest BCUT2D eigenvalue weighted by Crippen LogP contribution is 2.26. The van der Waals surface area contributed by atoms with Crippen LogP contribution in [-0.4, -0.2) is 38.0 Å². The van der Waals surface area contributed by atoms with Crippen LogP contribution in [0.3, 0.4) is 0 Å². The maximum atomic E-state index is 11.2. The van der Waals surface area contributed by atoms with E-state index in [1.54, 1.807) is 30.3 Å². The lowest BCUT2D eigenvalue weighted by molar-refractivity contribution is 0.0931. The lowest BCUT2D eigenvalue weighted by Crippen LogP contribution is -2.14. The minimum Gasteiger partial charge on any atom is -0.493 e. The van der Waals surface area contributed by atoms with Crippen LogP contribution in [0.25, 0.3) is 11.0 Å². The fraction of sp³-hybridized carbons (Fsp3) is 0.485. The molecule has 4 aliphatic rings. The van der Waals surface area contributed by atoms with Gasteiger partial charge in [0.05, 0.1) is 42.6 Å². The number of carbonyl (C=O) groups excluding carboxylic acids is 2. The van der Waals surface area contributed by atoms with Gasteiger partial charge in [0, 0.05) is 18.9 Å². The normalized spacial score (nSPS) is 13.4. The molecule has 1 aromatic heterocycles. The zero-order chi connectivity index (χ0) is 57.8.